The van der Waals surface area contributed by atoms with E-state index in [1.165, 1.54) is 0 Å². The second kappa shape index (κ2) is 8.21. The van der Waals surface area contributed by atoms with Crippen LogP contribution in [0.2, 0.25) is 0 Å². The number of ether oxygens (including phenoxy) is 2. The number of hydrogen-bond acceptors (Lipinski definition) is 3. The van der Waals surface area contributed by atoms with E-state index >= 15 is 0 Å². The van der Waals surface area contributed by atoms with Crippen LogP contribution in [0.4, 0.5) is 0 Å². The van der Waals surface area contributed by atoms with Gasteiger partial charge in [-0.1, -0.05) is 46.3 Å². The van der Waals surface area contributed by atoms with E-state index in [-0.39, 0.29) is 12.6 Å². The maximum Gasteiger partial charge on any atom is 0.340 e. The van der Waals surface area contributed by atoms with Crippen LogP contribution in [0.3, 0.4) is 0 Å². The van der Waals surface area contributed by atoms with E-state index in [4.69, 9.17) is 9.47 Å². The molecule has 0 aliphatic heterocycles. The molecule has 0 unspecified atom stereocenters. The van der Waals surface area contributed by atoms with E-state index in [0.717, 1.165) is 39.7 Å². The number of benzene rings is 2. The van der Waals surface area contributed by atoms with Gasteiger partial charge in [-0.05, 0) is 37.1 Å². The summed E-state index contributed by atoms with van der Waals surface area (Å²) in [4.78, 5) is 15.8. The Balaban J connectivity index is 1.80. The molecule has 0 aliphatic rings. The van der Waals surface area contributed by atoms with Crippen molar-refractivity contribution in [1.29, 1.82) is 0 Å². The second-order valence-electron chi connectivity index (χ2n) is 5.79. The fourth-order valence-electron chi connectivity index (χ4n) is 2.70. The highest BCUT2D eigenvalue weighted by Gasteiger charge is 2.18. The van der Waals surface area contributed by atoms with Gasteiger partial charge in [0, 0.05) is 21.9 Å². The fourth-order valence-corrected chi connectivity index (χ4v) is 2.93. The number of hydrogen-bond donors (Lipinski definition) is 1. The standard InChI is InChI=1S/C20H20BrNO3/c1-14-19(20(23)25-13-15-6-3-2-4-7-15)17-12-16(24-11-5-10-21)8-9-18(17)22-14/h2-4,6-9,12,22H,5,10-11,13H2,1H3. The molecule has 0 bridgehead atoms. The van der Waals surface area contributed by atoms with Crippen LogP contribution in [-0.4, -0.2) is 22.9 Å². The molecule has 5 heteroatoms. The molecule has 0 saturated carbocycles. The second-order valence-corrected chi connectivity index (χ2v) is 6.58. The van der Waals surface area contributed by atoms with Crippen LogP contribution in [0.25, 0.3) is 10.9 Å². The minimum absolute atomic E-state index is 0.257. The average Bonchev–Trinajstić information content (AvgIpc) is 2.96. The van der Waals surface area contributed by atoms with Crippen molar-refractivity contribution in [2.75, 3.05) is 11.9 Å². The predicted molar refractivity (Wildman–Crippen MR) is 103 cm³/mol. The van der Waals surface area contributed by atoms with E-state index in [1.54, 1.807) is 0 Å². The third-order valence-electron chi connectivity index (χ3n) is 3.92. The molecule has 130 valence electrons. The summed E-state index contributed by atoms with van der Waals surface area (Å²) in [7, 11) is 0. The van der Waals surface area contributed by atoms with Gasteiger partial charge in [0.2, 0.25) is 0 Å². The maximum absolute atomic E-state index is 12.6. The zero-order valence-corrected chi connectivity index (χ0v) is 15.6. The number of aromatic nitrogens is 1. The number of halogens is 1. The molecule has 0 aliphatic carbocycles. The Kier molecular flexibility index (Phi) is 5.76. The Bertz CT molecular complexity index is 858. The van der Waals surface area contributed by atoms with Crippen LogP contribution in [0.5, 0.6) is 5.75 Å². The molecule has 25 heavy (non-hydrogen) atoms. The summed E-state index contributed by atoms with van der Waals surface area (Å²) in [5.74, 6) is 0.426. The smallest absolute Gasteiger partial charge is 0.340 e. The van der Waals surface area contributed by atoms with Gasteiger partial charge in [0.25, 0.3) is 0 Å². The minimum Gasteiger partial charge on any atom is -0.494 e. The molecular weight excluding hydrogens is 382 g/mol. The van der Waals surface area contributed by atoms with Gasteiger partial charge in [-0.2, -0.15) is 0 Å². The van der Waals surface area contributed by atoms with Gasteiger partial charge >= 0.3 is 5.97 Å². The van der Waals surface area contributed by atoms with Gasteiger partial charge in [0.1, 0.15) is 12.4 Å². The molecule has 0 spiro atoms. The van der Waals surface area contributed by atoms with Gasteiger partial charge in [-0.25, -0.2) is 4.79 Å². The highest BCUT2D eigenvalue weighted by molar-refractivity contribution is 9.09. The fraction of sp³-hybridized carbons (Fsp3) is 0.250. The summed E-state index contributed by atoms with van der Waals surface area (Å²) < 4.78 is 11.2. The normalized spacial score (nSPS) is 10.8. The molecule has 0 radical (unpaired) electrons. The molecule has 0 amide bonds. The van der Waals surface area contributed by atoms with Crippen molar-refractivity contribution < 1.29 is 14.3 Å². The maximum atomic E-state index is 12.6. The van der Waals surface area contributed by atoms with Gasteiger partial charge < -0.3 is 14.5 Å². The number of rotatable bonds is 7. The lowest BCUT2D eigenvalue weighted by Crippen LogP contribution is -2.06. The largest absolute Gasteiger partial charge is 0.494 e. The number of carbonyl (C=O) groups excluding carboxylic acids is 1. The lowest BCUT2D eigenvalue weighted by Gasteiger charge is -2.07. The van der Waals surface area contributed by atoms with Crippen LogP contribution in [0.15, 0.2) is 48.5 Å². The van der Waals surface area contributed by atoms with Crippen LogP contribution in [0.1, 0.15) is 28.0 Å². The van der Waals surface area contributed by atoms with Gasteiger partial charge in [-0.15, -0.1) is 0 Å². The first kappa shape index (κ1) is 17.5. The third-order valence-corrected chi connectivity index (χ3v) is 4.48. The Labute approximate surface area is 155 Å². The van der Waals surface area contributed by atoms with Gasteiger partial charge in [0.05, 0.1) is 12.2 Å². The topological polar surface area (TPSA) is 51.3 Å². The molecular formula is C20H20BrNO3. The number of aromatic amines is 1. The summed E-state index contributed by atoms with van der Waals surface area (Å²) in [5, 5.41) is 1.72. The number of fused-ring (bicyclic) bond motifs is 1. The predicted octanol–water partition coefficient (Wildman–Crippen LogP) is 5.00. The molecule has 4 nitrogen and oxygen atoms in total. The summed E-state index contributed by atoms with van der Waals surface area (Å²) in [6, 6.07) is 15.4. The molecule has 2 aromatic carbocycles. The van der Waals surface area contributed by atoms with E-state index < -0.39 is 0 Å². The van der Waals surface area contributed by atoms with Gasteiger partial charge in [0.15, 0.2) is 0 Å². The number of aryl methyl sites for hydroxylation is 1. The van der Waals surface area contributed by atoms with Crippen LogP contribution in [-0.2, 0) is 11.3 Å². The minimum atomic E-state index is -0.329. The zero-order valence-electron chi connectivity index (χ0n) is 14.0. The lowest BCUT2D eigenvalue weighted by atomic mass is 10.1. The number of nitrogens with one attached hydrogen (secondary N) is 1. The summed E-state index contributed by atoms with van der Waals surface area (Å²) >= 11 is 3.39. The number of carbonyl (C=O) groups is 1. The van der Waals surface area contributed by atoms with Crippen LogP contribution < -0.4 is 4.74 Å². The molecule has 1 aromatic heterocycles. The highest BCUT2D eigenvalue weighted by atomic mass is 79.9. The van der Waals surface area contributed by atoms with Crippen molar-refractivity contribution >= 4 is 32.8 Å². The van der Waals surface area contributed by atoms with Crippen LogP contribution in [0, 0.1) is 6.92 Å². The van der Waals surface area contributed by atoms with E-state index in [1.807, 2.05) is 55.5 Å². The van der Waals surface area contributed by atoms with Crippen LogP contribution >= 0.6 is 15.9 Å². The Hall–Kier alpha value is -2.27. The number of H-pyrrole nitrogens is 1. The van der Waals surface area contributed by atoms with Crippen molar-refractivity contribution in [1.82, 2.24) is 4.98 Å². The van der Waals surface area contributed by atoms with Crippen molar-refractivity contribution in [2.24, 2.45) is 0 Å². The third kappa shape index (κ3) is 4.23. The SMILES string of the molecule is Cc1[nH]c2ccc(OCCCBr)cc2c1C(=O)OCc1ccccc1. The molecule has 1 heterocycles. The van der Waals surface area contributed by atoms with Crippen molar-refractivity contribution in [3.8, 4) is 5.75 Å². The van der Waals surface area contributed by atoms with Gasteiger partial charge in [-0.3, -0.25) is 0 Å². The first-order chi connectivity index (χ1) is 12.2. The van der Waals surface area contributed by atoms with E-state index in [2.05, 4.69) is 20.9 Å². The zero-order chi connectivity index (χ0) is 17.6. The number of alkyl halides is 1. The monoisotopic (exact) mass is 401 g/mol. The number of esters is 1. The van der Waals surface area contributed by atoms with Crippen molar-refractivity contribution in [2.45, 2.75) is 20.0 Å². The first-order valence-electron chi connectivity index (χ1n) is 8.21. The molecule has 3 rings (SSSR count). The molecule has 0 atom stereocenters. The van der Waals surface area contributed by atoms with E-state index in [9.17, 15) is 4.79 Å². The summed E-state index contributed by atoms with van der Waals surface area (Å²) in [6.07, 6.45) is 0.927. The first-order valence-corrected chi connectivity index (χ1v) is 9.33. The average molecular weight is 402 g/mol. The molecule has 1 N–H and O–H groups in total. The summed E-state index contributed by atoms with van der Waals surface area (Å²) in [6.45, 7) is 2.77. The summed E-state index contributed by atoms with van der Waals surface area (Å²) in [5.41, 5.74) is 3.23. The van der Waals surface area contributed by atoms with Crippen molar-refractivity contribution in [3.63, 3.8) is 0 Å². The molecule has 0 fully saturated rings. The van der Waals surface area contributed by atoms with Crippen molar-refractivity contribution in [3.05, 3.63) is 65.4 Å². The molecule has 3 aromatic rings. The Morgan fingerprint density at radius 3 is 2.72 bits per heavy atom. The molecule has 0 saturated heterocycles. The highest BCUT2D eigenvalue weighted by Crippen LogP contribution is 2.27. The van der Waals surface area contributed by atoms with E-state index in [0.29, 0.717) is 12.2 Å². The quantitative estimate of drug-likeness (QED) is 0.344. The Morgan fingerprint density at radius 1 is 1.16 bits per heavy atom. The Morgan fingerprint density at radius 2 is 1.96 bits per heavy atom. The lowest BCUT2D eigenvalue weighted by molar-refractivity contribution is 0.0474.